The Morgan fingerprint density at radius 1 is 1.05 bits per heavy atom. The summed E-state index contributed by atoms with van der Waals surface area (Å²) in [5.41, 5.74) is 6.58. The average molecular weight is 550 g/mol. The zero-order valence-corrected chi connectivity index (χ0v) is 23.3. The normalized spacial score (nSPS) is 17.5. The molecule has 0 unspecified atom stereocenters. The summed E-state index contributed by atoms with van der Waals surface area (Å²) < 4.78 is 23.7. The van der Waals surface area contributed by atoms with E-state index in [1.807, 2.05) is 36.0 Å². The Kier molecular flexibility index (Phi) is 6.94. The lowest BCUT2D eigenvalue weighted by Crippen LogP contribution is -2.39. The lowest BCUT2D eigenvalue weighted by Gasteiger charge is -2.25. The number of aromatic nitrogens is 2. The molecule has 0 atom stereocenters. The summed E-state index contributed by atoms with van der Waals surface area (Å²) in [6, 6.07) is 13.7. The van der Waals surface area contributed by atoms with Crippen molar-refractivity contribution in [1.29, 1.82) is 0 Å². The Labute approximate surface area is 239 Å². The molecule has 4 aromatic rings. The molecule has 208 valence electrons. The second-order valence-electron chi connectivity index (χ2n) is 11.0. The highest BCUT2D eigenvalue weighted by Crippen LogP contribution is 2.24. The van der Waals surface area contributed by atoms with Crippen LogP contribution in [-0.4, -0.2) is 88.6 Å². The largest absolute Gasteiger partial charge is 0.379 e. The molecule has 2 aromatic carbocycles. The number of pyridine rings is 1. The minimum atomic E-state index is -0.240. The monoisotopic (exact) mass is 549 g/mol. The van der Waals surface area contributed by atoms with Gasteiger partial charge < -0.3 is 4.74 Å². The molecule has 1 saturated heterocycles. The van der Waals surface area contributed by atoms with E-state index in [9.17, 15) is 4.39 Å². The topological polar surface area (TPSA) is 48.9 Å². The van der Waals surface area contributed by atoms with Crippen LogP contribution in [0, 0.1) is 12.7 Å². The Balaban J connectivity index is 1.01. The third kappa shape index (κ3) is 5.45. The van der Waals surface area contributed by atoms with Crippen molar-refractivity contribution in [3.63, 3.8) is 0 Å². The third-order valence-corrected chi connectivity index (χ3v) is 8.17. The van der Waals surface area contributed by atoms with E-state index in [1.165, 1.54) is 17.2 Å². The fourth-order valence-corrected chi connectivity index (χ4v) is 5.79. The zero-order valence-electron chi connectivity index (χ0n) is 23.3. The summed E-state index contributed by atoms with van der Waals surface area (Å²) >= 11 is 0. The standard InChI is InChI=1S/C33H34FN6O/c1-24-21-40(32-19-29(34)5-6-30(24)32)33-3-2-9-39(36-33)10-8-25-4-7-31-26(17-25)18-27(20-35-31)28-22-38(23-28)12-11-37-13-15-41-16-14-37/h2-7,17-23H,8-16H2,1H3/q+1. The molecule has 0 N–H and O–H groups in total. The van der Waals surface area contributed by atoms with Gasteiger partial charge in [-0.15, -0.1) is 0 Å². The molecule has 5 heterocycles. The summed E-state index contributed by atoms with van der Waals surface area (Å²) in [5.74, 6) is 0.562. The molecule has 0 spiro atoms. The number of hydrogen-bond donors (Lipinski definition) is 0. The van der Waals surface area contributed by atoms with E-state index >= 15 is 0 Å². The molecule has 0 amide bonds. The SMILES string of the molecule is Cc1cn(C2=NN(CCc3ccc4ncc(C5=C[N+](CCN6CCOCC6)=C5)cc4c3)CC=C2)c2cc(F)ccc12. The number of hydrogen-bond acceptors (Lipinski definition) is 5. The Hall–Kier alpha value is -4.14. The van der Waals surface area contributed by atoms with Crippen molar-refractivity contribution >= 4 is 39.4 Å². The molecule has 0 radical (unpaired) electrons. The van der Waals surface area contributed by atoms with Crippen LogP contribution in [-0.2, 0) is 11.2 Å². The zero-order chi connectivity index (χ0) is 27.8. The van der Waals surface area contributed by atoms with Crippen molar-refractivity contribution in [3.8, 4) is 0 Å². The van der Waals surface area contributed by atoms with Crippen LogP contribution in [0.25, 0.3) is 27.4 Å². The van der Waals surface area contributed by atoms with Crippen molar-refractivity contribution < 1.29 is 13.7 Å². The van der Waals surface area contributed by atoms with Gasteiger partial charge in [0.1, 0.15) is 11.4 Å². The molecular weight excluding hydrogens is 515 g/mol. The maximum Gasteiger partial charge on any atom is 0.182 e. The predicted molar refractivity (Wildman–Crippen MR) is 162 cm³/mol. The van der Waals surface area contributed by atoms with Gasteiger partial charge in [-0.1, -0.05) is 12.1 Å². The van der Waals surface area contributed by atoms with Crippen molar-refractivity contribution in [2.75, 3.05) is 52.5 Å². The van der Waals surface area contributed by atoms with E-state index in [1.54, 1.807) is 6.07 Å². The number of rotatable bonds is 7. The molecule has 3 aliphatic heterocycles. The molecule has 2 aromatic heterocycles. The molecular formula is C33H34FN6O+. The number of ether oxygens (including phenoxy) is 1. The second kappa shape index (κ2) is 11.0. The lowest BCUT2D eigenvalue weighted by atomic mass is 10.0. The number of aryl methyl sites for hydroxylation is 1. The smallest absolute Gasteiger partial charge is 0.182 e. The minimum Gasteiger partial charge on any atom is -0.379 e. The van der Waals surface area contributed by atoms with Crippen molar-refractivity contribution in [1.82, 2.24) is 19.5 Å². The van der Waals surface area contributed by atoms with Crippen LogP contribution in [0.4, 0.5) is 4.39 Å². The van der Waals surface area contributed by atoms with E-state index in [0.29, 0.717) is 0 Å². The second-order valence-corrected chi connectivity index (χ2v) is 11.0. The quantitative estimate of drug-likeness (QED) is 0.314. The Morgan fingerprint density at radius 2 is 1.93 bits per heavy atom. The first-order valence-corrected chi connectivity index (χ1v) is 14.4. The number of halogens is 1. The van der Waals surface area contributed by atoms with Crippen molar-refractivity contribution in [2.24, 2.45) is 5.10 Å². The number of benzene rings is 2. The van der Waals surface area contributed by atoms with Gasteiger partial charge in [0.2, 0.25) is 0 Å². The molecule has 0 saturated carbocycles. The Morgan fingerprint density at radius 3 is 2.80 bits per heavy atom. The number of hydrazone groups is 1. The molecule has 0 aliphatic carbocycles. The van der Waals surface area contributed by atoms with Gasteiger partial charge in [0.15, 0.2) is 24.8 Å². The summed E-state index contributed by atoms with van der Waals surface area (Å²) in [6.45, 7) is 9.37. The first-order valence-electron chi connectivity index (χ1n) is 14.4. The van der Waals surface area contributed by atoms with E-state index < -0.39 is 0 Å². The van der Waals surface area contributed by atoms with Gasteiger partial charge >= 0.3 is 0 Å². The van der Waals surface area contributed by atoms with Gasteiger partial charge in [0.25, 0.3) is 0 Å². The van der Waals surface area contributed by atoms with Crippen LogP contribution in [0.3, 0.4) is 0 Å². The highest BCUT2D eigenvalue weighted by atomic mass is 19.1. The maximum absolute atomic E-state index is 14.0. The average Bonchev–Trinajstić information content (AvgIpc) is 3.31. The van der Waals surface area contributed by atoms with Crippen LogP contribution in [0.5, 0.6) is 0 Å². The molecule has 1 fully saturated rings. The fourth-order valence-electron chi connectivity index (χ4n) is 5.79. The number of fused-ring (bicyclic) bond motifs is 2. The molecule has 3 aliphatic rings. The van der Waals surface area contributed by atoms with Crippen LogP contribution < -0.4 is 0 Å². The van der Waals surface area contributed by atoms with Crippen LogP contribution in [0.1, 0.15) is 16.7 Å². The van der Waals surface area contributed by atoms with Gasteiger partial charge in [-0.05, 0) is 66.9 Å². The number of allylic oxidation sites excluding steroid dienone is 2. The van der Waals surface area contributed by atoms with Crippen molar-refractivity contribution in [3.05, 3.63) is 95.7 Å². The third-order valence-electron chi connectivity index (χ3n) is 8.17. The molecule has 7 rings (SSSR count). The van der Waals surface area contributed by atoms with E-state index in [-0.39, 0.29) is 5.82 Å². The summed E-state index contributed by atoms with van der Waals surface area (Å²) in [6.07, 6.45) is 13.4. The van der Waals surface area contributed by atoms with E-state index in [4.69, 9.17) is 14.8 Å². The summed E-state index contributed by atoms with van der Waals surface area (Å²) in [7, 11) is 0. The maximum atomic E-state index is 14.0. The predicted octanol–water partition coefficient (Wildman–Crippen LogP) is 4.68. The van der Waals surface area contributed by atoms with Gasteiger partial charge in [-0.25, -0.2) is 8.97 Å². The lowest BCUT2D eigenvalue weighted by molar-refractivity contribution is -0.459. The van der Waals surface area contributed by atoms with Crippen molar-refractivity contribution in [2.45, 2.75) is 13.3 Å². The van der Waals surface area contributed by atoms with Crippen LogP contribution in [0.2, 0.25) is 0 Å². The highest BCUT2D eigenvalue weighted by molar-refractivity contribution is 6.10. The van der Waals surface area contributed by atoms with Gasteiger partial charge in [-0.2, -0.15) is 5.10 Å². The summed E-state index contributed by atoms with van der Waals surface area (Å²) in [5, 5.41) is 9.17. The minimum absolute atomic E-state index is 0.240. The molecule has 41 heavy (non-hydrogen) atoms. The van der Waals surface area contributed by atoms with Crippen LogP contribution in [0.15, 0.2) is 78.3 Å². The number of morpholine rings is 1. The molecule has 8 heteroatoms. The van der Waals surface area contributed by atoms with Gasteiger partial charge in [0.05, 0.1) is 37.3 Å². The number of nitrogens with zero attached hydrogens (tertiary/aromatic N) is 6. The summed E-state index contributed by atoms with van der Waals surface area (Å²) in [4.78, 5) is 7.18. The Bertz CT molecular complexity index is 1740. The first-order chi connectivity index (χ1) is 20.1. The van der Waals surface area contributed by atoms with Gasteiger partial charge in [-0.3, -0.25) is 19.5 Å². The van der Waals surface area contributed by atoms with E-state index in [0.717, 1.165) is 97.7 Å². The fraction of sp³-hybridized carbons (Fsp3) is 0.303. The first kappa shape index (κ1) is 25.8. The molecule has 7 nitrogen and oxygen atoms in total. The molecule has 0 bridgehead atoms. The highest BCUT2D eigenvalue weighted by Gasteiger charge is 2.21. The van der Waals surface area contributed by atoms with Crippen LogP contribution >= 0.6 is 0 Å². The van der Waals surface area contributed by atoms with E-state index in [2.05, 4.69) is 57.2 Å². The van der Waals surface area contributed by atoms with Gasteiger partial charge in [0, 0.05) is 48.4 Å².